The number of amides is 1. The zero-order chi connectivity index (χ0) is 19.4. The molecule has 1 aromatic heterocycles. The van der Waals surface area contributed by atoms with Gasteiger partial charge in [0.2, 0.25) is 5.91 Å². The van der Waals surface area contributed by atoms with Gasteiger partial charge in [-0.1, -0.05) is 46.3 Å². The smallest absolute Gasteiger partial charge is 0.267 e. The zero-order valence-electron chi connectivity index (χ0n) is 15.2. The van der Waals surface area contributed by atoms with Gasteiger partial charge in [-0.2, -0.15) is 5.10 Å². The van der Waals surface area contributed by atoms with Crippen molar-refractivity contribution in [3.8, 4) is 11.3 Å². The Labute approximate surface area is 166 Å². The number of hydrogen-bond acceptors (Lipinski definition) is 3. The second kappa shape index (κ2) is 8.31. The highest BCUT2D eigenvalue weighted by Crippen LogP contribution is 2.20. The van der Waals surface area contributed by atoms with Crippen molar-refractivity contribution >= 4 is 27.5 Å². The van der Waals surface area contributed by atoms with E-state index in [1.54, 1.807) is 11.0 Å². The number of carbonyl (C=O) groups is 1. The maximum absolute atomic E-state index is 12.9. The third-order valence-electron chi connectivity index (χ3n) is 4.32. The summed E-state index contributed by atoms with van der Waals surface area (Å²) in [6.45, 7) is 4.29. The van der Waals surface area contributed by atoms with Crippen LogP contribution in [-0.2, 0) is 11.3 Å². The molecule has 27 heavy (non-hydrogen) atoms. The number of para-hydroxylation sites is 1. The van der Waals surface area contributed by atoms with Crippen LogP contribution in [0.3, 0.4) is 0 Å². The lowest BCUT2D eigenvalue weighted by atomic mass is 10.1. The summed E-state index contributed by atoms with van der Waals surface area (Å²) in [6.07, 6.45) is 0. The summed E-state index contributed by atoms with van der Waals surface area (Å²) in [5.41, 5.74) is 3.09. The highest BCUT2D eigenvalue weighted by Gasteiger charge is 2.17. The van der Waals surface area contributed by atoms with Crippen LogP contribution in [0, 0.1) is 6.92 Å². The molecule has 0 aliphatic carbocycles. The number of nitrogens with zero attached hydrogens (tertiary/aromatic N) is 3. The molecule has 0 saturated carbocycles. The lowest BCUT2D eigenvalue weighted by Crippen LogP contribution is -2.37. The Morgan fingerprint density at radius 3 is 2.44 bits per heavy atom. The number of benzene rings is 2. The van der Waals surface area contributed by atoms with Crippen molar-refractivity contribution in [2.24, 2.45) is 0 Å². The van der Waals surface area contributed by atoms with E-state index in [0.717, 1.165) is 21.3 Å². The van der Waals surface area contributed by atoms with Crippen molar-refractivity contribution < 1.29 is 4.79 Å². The van der Waals surface area contributed by atoms with E-state index in [1.165, 1.54) is 10.7 Å². The van der Waals surface area contributed by atoms with Gasteiger partial charge in [-0.05, 0) is 43.7 Å². The SMILES string of the molecule is CCN(C(=O)Cn1nc(-c2ccc(Br)cc2)ccc1=O)c1ccccc1C. The Bertz CT molecular complexity index is 1010. The molecule has 6 heteroatoms. The summed E-state index contributed by atoms with van der Waals surface area (Å²) < 4.78 is 2.19. The molecule has 0 radical (unpaired) electrons. The lowest BCUT2D eigenvalue weighted by Gasteiger charge is -2.23. The van der Waals surface area contributed by atoms with Gasteiger partial charge in [0.25, 0.3) is 5.56 Å². The number of likely N-dealkylation sites (N-methyl/N-ethyl adjacent to an activating group) is 1. The first-order chi connectivity index (χ1) is 13.0. The Balaban J connectivity index is 1.89. The molecule has 0 bridgehead atoms. The fraction of sp³-hybridized carbons (Fsp3) is 0.190. The monoisotopic (exact) mass is 425 g/mol. The first-order valence-corrected chi connectivity index (χ1v) is 9.49. The van der Waals surface area contributed by atoms with Gasteiger partial charge < -0.3 is 4.90 Å². The van der Waals surface area contributed by atoms with Crippen LogP contribution in [0.4, 0.5) is 5.69 Å². The van der Waals surface area contributed by atoms with E-state index in [9.17, 15) is 9.59 Å². The van der Waals surface area contributed by atoms with E-state index < -0.39 is 0 Å². The van der Waals surface area contributed by atoms with E-state index in [4.69, 9.17) is 0 Å². The molecule has 5 nitrogen and oxygen atoms in total. The molecule has 0 aliphatic rings. The first-order valence-electron chi connectivity index (χ1n) is 8.69. The van der Waals surface area contributed by atoms with E-state index in [2.05, 4.69) is 21.0 Å². The van der Waals surface area contributed by atoms with Crippen molar-refractivity contribution in [1.29, 1.82) is 0 Å². The molecule has 0 atom stereocenters. The molecule has 138 valence electrons. The van der Waals surface area contributed by atoms with Crippen molar-refractivity contribution in [2.45, 2.75) is 20.4 Å². The molecule has 2 aromatic carbocycles. The fourth-order valence-corrected chi connectivity index (χ4v) is 3.16. The number of hydrogen-bond donors (Lipinski definition) is 0. The molecular weight excluding hydrogens is 406 g/mol. The Morgan fingerprint density at radius 1 is 1.07 bits per heavy atom. The minimum Gasteiger partial charge on any atom is -0.311 e. The van der Waals surface area contributed by atoms with Crippen molar-refractivity contribution in [1.82, 2.24) is 9.78 Å². The molecule has 3 aromatic rings. The molecule has 3 rings (SSSR count). The van der Waals surface area contributed by atoms with E-state index in [1.807, 2.05) is 62.4 Å². The predicted molar refractivity (Wildman–Crippen MR) is 111 cm³/mol. The van der Waals surface area contributed by atoms with Crippen LogP contribution in [-0.4, -0.2) is 22.2 Å². The summed E-state index contributed by atoms with van der Waals surface area (Å²) in [7, 11) is 0. The molecule has 0 saturated heterocycles. The number of halogens is 1. The third-order valence-corrected chi connectivity index (χ3v) is 4.84. The van der Waals surface area contributed by atoms with Crippen LogP contribution in [0.2, 0.25) is 0 Å². The second-order valence-corrected chi connectivity index (χ2v) is 7.06. The van der Waals surface area contributed by atoms with Crippen LogP contribution in [0.15, 0.2) is 69.9 Å². The van der Waals surface area contributed by atoms with Gasteiger partial charge in [0.1, 0.15) is 6.54 Å². The number of rotatable bonds is 5. The number of anilines is 1. The summed E-state index contributed by atoms with van der Waals surface area (Å²) in [5, 5.41) is 4.39. The van der Waals surface area contributed by atoms with Crippen molar-refractivity contribution in [3.05, 3.63) is 81.1 Å². The minimum absolute atomic E-state index is 0.106. The average molecular weight is 426 g/mol. The lowest BCUT2D eigenvalue weighted by molar-refractivity contribution is -0.119. The average Bonchev–Trinajstić information content (AvgIpc) is 2.66. The fourth-order valence-electron chi connectivity index (χ4n) is 2.90. The number of aromatic nitrogens is 2. The van der Waals surface area contributed by atoms with Gasteiger partial charge in [-0.3, -0.25) is 9.59 Å². The molecular formula is C21H20BrN3O2. The summed E-state index contributed by atoms with van der Waals surface area (Å²) in [5.74, 6) is -0.172. The number of carbonyl (C=O) groups excluding carboxylic acids is 1. The normalized spacial score (nSPS) is 10.6. The van der Waals surface area contributed by atoms with Gasteiger partial charge in [0, 0.05) is 28.3 Å². The molecule has 0 N–H and O–H groups in total. The van der Waals surface area contributed by atoms with Crippen LogP contribution in [0.25, 0.3) is 11.3 Å². The van der Waals surface area contributed by atoms with Crippen LogP contribution >= 0.6 is 15.9 Å². The molecule has 0 spiro atoms. The van der Waals surface area contributed by atoms with Crippen LogP contribution in [0.5, 0.6) is 0 Å². The maximum atomic E-state index is 12.9. The Hall–Kier alpha value is -2.73. The summed E-state index contributed by atoms with van der Waals surface area (Å²) in [4.78, 5) is 26.8. The largest absolute Gasteiger partial charge is 0.311 e. The Kier molecular flexibility index (Phi) is 5.86. The van der Waals surface area contributed by atoms with Gasteiger partial charge >= 0.3 is 0 Å². The zero-order valence-corrected chi connectivity index (χ0v) is 16.8. The van der Waals surface area contributed by atoms with Crippen LogP contribution in [0.1, 0.15) is 12.5 Å². The van der Waals surface area contributed by atoms with Gasteiger partial charge in [-0.25, -0.2) is 4.68 Å². The summed E-state index contributed by atoms with van der Waals surface area (Å²) in [6, 6.07) is 18.5. The minimum atomic E-state index is -0.301. The van der Waals surface area contributed by atoms with Gasteiger partial charge in [-0.15, -0.1) is 0 Å². The topological polar surface area (TPSA) is 55.2 Å². The molecule has 0 fully saturated rings. The number of aryl methyl sites for hydroxylation is 1. The molecule has 1 heterocycles. The van der Waals surface area contributed by atoms with Gasteiger partial charge in [0.05, 0.1) is 5.69 Å². The highest BCUT2D eigenvalue weighted by molar-refractivity contribution is 9.10. The van der Waals surface area contributed by atoms with Crippen LogP contribution < -0.4 is 10.5 Å². The predicted octanol–water partition coefficient (Wildman–Crippen LogP) is 4.03. The van der Waals surface area contributed by atoms with E-state index >= 15 is 0 Å². The van der Waals surface area contributed by atoms with E-state index in [-0.39, 0.29) is 18.0 Å². The maximum Gasteiger partial charge on any atom is 0.267 e. The Morgan fingerprint density at radius 2 is 1.78 bits per heavy atom. The second-order valence-electron chi connectivity index (χ2n) is 6.15. The highest BCUT2D eigenvalue weighted by atomic mass is 79.9. The van der Waals surface area contributed by atoms with Crippen molar-refractivity contribution in [2.75, 3.05) is 11.4 Å². The molecule has 0 unspecified atom stereocenters. The third kappa shape index (κ3) is 4.34. The van der Waals surface area contributed by atoms with Gasteiger partial charge in [0.15, 0.2) is 0 Å². The summed E-state index contributed by atoms with van der Waals surface area (Å²) >= 11 is 3.40. The van der Waals surface area contributed by atoms with Crippen molar-refractivity contribution in [3.63, 3.8) is 0 Å². The molecule has 0 aliphatic heterocycles. The van der Waals surface area contributed by atoms with E-state index in [0.29, 0.717) is 12.2 Å². The first kappa shape index (κ1) is 19.0. The quantitative estimate of drug-likeness (QED) is 0.619. The standard InChI is InChI=1S/C21H20BrN3O2/c1-3-24(19-7-5-4-6-15(19)2)21(27)14-25-20(26)13-12-18(23-25)16-8-10-17(22)11-9-16/h4-13H,3,14H2,1-2H3. The molecule has 1 amide bonds.